The van der Waals surface area contributed by atoms with Gasteiger partial charge in [-0.05, 0) is 31.2 Å². The molecule has 0 aliphatic heterocycles. The lowest BCUT2D eigenvalue weighted by Gasteiger charge is -2.24. The van der Waals surface area contributed by atoms with Crippen molar-refractivity contribution in [2.24, 2.45) is 0 Å². The minimum atomic E-state index is -1.73. The highest BCUT2D eigenvalue weighted by molar-refractivity contribution is 6.06. The van der Waals surface area contributed by atoms with Gasteiger partial charge in [0.2, 0.25) is 0 Å². The molecule has 1 atom stereocenters. The maximum atomic E-state index is 13.8. The van der Waals surface area contributed by atoms with Gasteiger partial charge in [0, 0.05) is 28.7 Å². The van der Waals surface area contributed by atoms with Crippen LogP contribution < -0.4 is 5.32 Å². The van der Waals surface area contributed by atoms with Gasteiger partial charge in [-0.25, -0.2) is 13.2 Å². The SMILES string of the molecule is CC(O)(CNC(=O)c1c[nH]c2cc(F)ccc12)c1ccc(F)cc1F. The van der Waals surface area contributed by atoms with E-state index in [1.807, 2.05) is 0 Å². The summed E-state index contributed by atoms with van der Waals surface area (Å²) < 4.78 is 40.0. The molecule has 0 bridgehead atoms. The molecule has 3 aromatic rings. The molecule has 7 heteroatoms. The van der Waals surface area contributed by atoms with E-state index in [-0.39, 0.29) is 17.7 Å². The fourth-order valence-electron chi connectivity index (χ4n) is 2.66. The van der Waals surface area contributed by atoms with Gasteiger partial charge in [0.1, 0.15) is 23.1 Å². The van der Waals surface area contributed by atoms with Gasteiger partial charge in [0.05, 0.1) is 12.1 Å². The molecule has 0 aliphatic carbocycles. The highest BCUT2D eigenvalue weighted by Gasteiger charge is 2.28. The first-order valence-electron chi connectivity index (χ1n) is 7.51. The van der Waals surface area contributed by atoms with Crippen LogP contribution in [-0.4, -0.2) is 22.5 Å². The maximum Gasteiger partial charge on any atom is 0.253 e. The normalized spacial score (nSPS) is 13.6. The number of benzene rings is 2. The molecule has 0 spiro atoms. The molecule has 1 heterocycles. The summed E-state index contributed by atoms with van der Waals surface area (Å²) in [6.07, 6.45) is 1.42. The summed E-state index contributed by atoms with van der Waals surface area (Å²) >= 11 is 0. The minimum absolute atomic E-state index is 0.129. The number of carbonyl (C=O) groups excluding carboxylic acids is 1. The Morgan fingerprint density at radius 1 is 1.16 bits per heavy atom. The highest BCUT2D eigenvalue weighted by atomic mass is 19.1. The van der Waals surface area contributed by atoms with E-state index in [9.17, 15) is 23.1 Å². The third-order valence-corrected chi connectivity index (χ3v) is 3.99. The van der Waals surface area contributed by atoms with Gasteiger partial charge in [-0.2, -0.15) is 0 Å². The zero-order chi connectivity index (χ0) is 18.2. The Balaban J connectivity index is 1.78. The highest BCUT2D eigenvalue weighted by Crippen LogP contribution is 2.24. The summed E-state index contributed by atoms with van der Waals surface area (Å²) in [6.45, 7) is 1.02. The van der Waals surface area contributed by atoms with Crippen LogP contribution in [0.25, 0.3) is 10.9 Å². The van der Waals surface area contributed by atoms with Crippen LogP contribution in [0.15, 0.2) is 42.6 Å². The van der Waals surface area contributed by atoms with E-state index in [1.54, 1.807) is 0 Å². The van der Waals surface area contributed by atoms with Crippen molar-refractivity contribution in [3.63, 3.8) is 0 Å². The Morgan fingerprint density at radius 3 is 2.56 bits per heavy atom. The first-order valence-corrected chi connectivity index (χ1v) is 7.51. The molecular weight excluding hydrogens is 333 g/mol. The lowest BCUT2D eigenvalue weighted by atomic mass is 9.95. The number of aliphatic hydroxyl groups is 1. The summed E-state index contributed by atoms with van der Waals surface area (Å²) in [7, 11) is 0. The molecule has 0 aliphatic rings. The second kappa shape index (κ2) is 6.25. The molecule has 130 valence electrons. The van der Waals surface area contributed by atoms with Crippen molar-refractivity contribution in [2.45, 2.75) is 12.5 Å². The average Bonchev–Trinajstić information content (AvgIpc) is 2.95. The Kier molecular flexibility index (Phi) is 4.26. The zero-order valence-corrected chi connectivity index (χ0v) is 13.2. The topological polar surface area (TPSA) is 65.1 Å². The van der Waals surface area contributed by atoms with E-state index in [2.05, 4.69) is 10.3 Å². The monoisotopic (exact) mass is 348 g/mol. The number of H-pyrrole nitrogens is 1. The number of halogens is 3. The first-order chi connectivity index (χ1) is 11.8. The summed E-state index contributed by atoms with van der Waals surface area (Å²) in [4.78, 5) is 15.1. The summed E-state index contributed by atoms with van der Waals surface area (Å²) in [6, 6.07) is 6.79. The third kappa shape index (κ3) is 3.36. The number of hydrogen-bond acceptors (Lipinski definition) is 2. The zero-order valence-electron chi connectivity index (χ0n) is 13.2. The molecular formula is C18H15F3N2O2. The van der Waals surface area contributed by atoms with E-state index in [0.29, 0.717) is 17.0 Å². The Labute approximate surface area is 141 Å². The second-order valence-electron chi connectivity index (χ2n) is 5.97. The summed E-state index contributed by atoms with van der Waals surface area (Å²) in [5.41, 5.74) is -1.13. The molecule has 3 rings (SSSR count). The predicted molar refractivity (Wildman–Crippen MR) is 86.5 cm³/mol. The average molecular weight is 348 g/mol. The molecule has 1 amide bonds. The molecule has 0 saturated heterocycles. The minimum Gasteiger partial charge on any atom is -0.383 e. The van der Waals surface area contributed by atoms with Crippen LogP contribution in [0.5, 0.6) is 0 Å². The molecule has 4 nitrogen and oxygen atoms in total. The summed E-state index contributed by atoms with van der Waals surface area (Å²) in [5.74, 6) is -2.61. The third-order valence-electron chi connectivity index (χ3n) is 3.99. The van der Waals surface area contributed by atoms with Gasteiger partial charge >= 0.3 is 0 Å². The van der Waals surface area contributed by atoms with Crippen LogP contribution in [0.2, 0.25) is 0 Å². The fraction of sp³-hybridized carbons (Fsp3) is 0.167. The molecule has 25 heavy (non-hydrogen) atoms. The van der Waals surface area contributed by atoms with Crippen LogP contribution in [0, 0.1) is 17.5 Å². The van der Waals surface area contributed by atoms with Gasteiger partial charge in [0.25, 0.3) is 5.91 Å². The van der Waals surface area contributed by atoms with Crippen LogP contribution in [0.4, 0.5) is 13.2 Å². The standard InChI is InChI=1S/C18H15F3N2O2/c1-18(25,14-5-3-10(19)6-15(14)21)9-23-17(24)13-8-22-16-7-11(20)2-4-12(13)16/h2-8,22,25H,9H2,1H3,(H,23,24). The van der Waals surface area contributed by atoms with Gasteiger partial charge in [-0.1, -0.05) is 6.07 Å². The van der Waals surface area contributed by atoms with Crippen molar-refractivity contribution in [1.29, 1.82) is 0 Å². The van der Waals surface area contributed by atoms with Crippen molar-refractivity contribution in [3.8, 4) is 0 Å². The van der Waals surface area contributed by atoms with E-state index in [0.717, 1.165) is 12.1 Å². The Bertz CT molecular complexity index is 951. The van der Waals surface area contributed by atoms with Crippen molar-refractivity contribution in [3.05, 3.63) is 71.2 Å². The van der Waals surface area contributed by atoms with Gasteiger partial charge < -0.3 is 15.4 Å². The number of nitrogens with one attached hydrogen (secondary N) is 2. The van der Waals surface area contributed by atoms with Gasteiger partial charge in [0.15, 0.2) is 0 Å². The smallest absolute Gasteiger partial charge is 0.253 e. The number of hydrogen-bond donors (Lipinski definition) is 3. The van der Waals surface area contributed by atoms with Gasteiger partial charge in [-0.3, -0.25) is 4.79 Å². The van der Waals surface area contributed by atoms with Crippen molar-refractivity contribution >= 4 is 16.8 Å². The van der Waals surface area contributed by atoms with Crippen molar-refractivity contribution in [1.82, 2.24) is 10.3 Å². The largest absolute Gasteiger partial charge is 0.383 e. The van der Waals surface area contributed by atoms with Crippen molar-refractivity contribution < 1.29 is 23.1 Å². The molecule has 0 fully saturated rings. The number of rotatable bonds is 4. The van der Waals surface area contributed by atoms with E-state index >= 15 is 0 Å². The predicted octanol–water partition coefficient (Wildman–Crippen LogP) is 3.22. The number of fused-ring (bicyclic) bond motifs is 1. The van der Waals surface area contributed by atoms with Crippen LogP contribution in [-0.2, 0) is 5.60 Å². The molecule has 0 radical (unpaired) electrons. The number of aromatic amines is 1. The number of carbonyl (C=O) groups is 1. The van der Waals surface area contributed by atoms with E-state index in [1.165, 1.54) is 31.3 Å². The molecule has 1 unspecified atom stereocenters. The van der Waals surface area contributed by atoms with Crippen molar-refractivity contribution in [2.75, 3.05) is 6.54 Å². The molecule has 0 saturated carbocycles. The molecule has 2 aromatic carbocycles. The van der Waals surface area contributed by atoms with Crippen LogP contribution >= 0.6 is 0 Å². The lowest BCUT2D eigenvalue weighted by Crippen LogP contribution is -2.39. The number of amides is 1. The van der Waals surface area contributed by atoms with Crippen LogP contribution in [0.1, 0.15) is 22.8 Å². The lowest BCUT2D eigenvalue weighted by molar-refractivity contribution is 0.0495. The molecule has 1 aromatic heterocycles. The van der Waals surface area contributed by atoms with Gasteiger partial charge in [-0.15, -0.1) is 0 Å². The fourth-order valence-corrected chi connectivity index (χ4v) is 2.66. The van der Waals surface area contributed by atoms with Crippen LogP contribution in [0.3, 0.4) is 0 Å². The Morgan fingerprint density at radius 2 is 1.84 bits per heavy atom. The number of aromatic nitrogens is 1. The van der Waals surface area contributed by atoms with E-state index < -0.39 is 29.0 Å². The second-order valence-corrected chi connectivity index (χ2v) is 5.97. The quantitative estimate of drug-likeness (QED) is 0.678. The van der Waals surface area contributed by atoms with E-state index in [4.69, 9.17) is 0 Å². The maximum absolute atomic E-state index is 13.8. The molecule has 3 N–H and O–H groups in total. The summed E-state index contributed by atoms with van der Waals surface area (Å²) in [5, 5.41) is 13.4. The Hall–Kier alpha value is -2.80. The first kappa shape index (κ1) is 17.0.